The minimum absolute atomic E-state index is 0.00908. The second kappa shape index (κ2) is 5.84. The van der Waals surface area contributed by atoms with E-state index in [1.165, 1.54) is 0 Å². The van der Waals surface area contributed by atoms with Gasteiger partial charge >= 0.3 is 0 Å². The van der Waals surface area contributed by atoms with Gasteiger partial charge in [0.2, 0.25) is 12.3 Å². The van der Waals surface area contributed by atoms with Gasteiger partial charge in [0.15, 0.2) is 10.6 Å². The van der Waals surface area contributed by atoms with Gasteiger partial charge in [-0.25, -0.2) is 0 Å². The van der Waals surface area contributed by atoms with Crippen LogP contribution in [0.25, 0.3) is 0 Å². The number of aryl methyl sites for hydroxylation is 3. The fraction of sp³-hybridized carbons (Fsp3) is 0.500. The topological polar surface area (TPSA) is 66.1 Å². The molecule has 3 rings (SSSR count). The van der Waals surface area contributed by atoms with Crippen molar-refractivity contribution in [3.63, 3.8) is 0 Å². The molecule has 2 heterocycles. The Kier molecular flexibility index (Phi) is 4.11. The van der Waals surface area contributed by atoms with E-state index in [-0.39, 0.29) is 18.1 Å². The Morgan fingerprint density at radius 2 is 2.12 bits per heavy atom. The Balaban J connectivity index is 1.89. The first-order valence-electron chi connectivity index (χ1n) is 8.08. The molecule has 0 aliphatic carbocycles. The van der Waals surface area contributed by atoms with Gasteiger partial charge in [0.1, 0.15) is 5.75 Å². The van der Waals surface area contributed by atoms with Gasteiger partial charge < -0.3 is 9.84 Å². The van der Waals surface area contributed by atoms with Gasteiger partial charge in [-0.3, -0.25) is 4.79 Å². The van der Waals surface area contributed by atoms with Crippen molar-refractivity contribution in [2.24, 2.45) is 0 Å². The zero-order valence-electron chi connectivity index (χ0n) is 14.7. The third kappa shape index (κ3) is 2.79. The number of rotatable bonds is 3. The van der Waals surface area contributed by atoms with Crippen molar-refractivity contribution in [2.45, 2.75) is 59.6 Å². The number of aromatic nitrogens is 2. The molecular weight excluding hydrogens is 324 g/mol. The first kappa shape index (κ1) is 16.9. The lowest BCUT2D eigenvalue weighted by molar-refractivity contribution is -0.743. The number of ether oxygens (including phenoxy) is 1. The van der Waals surface area contributed by atoms with E-state index in [9.17, 15) is 9.90 Å². The number of hydrogen-bond acceptors (Lipinski definition) is 5. The predicted octanol–water partition coefficient (Wildman–Crippen LogP) is 2.09. The van der Waals surface area contributed by atoms with Crippen molar-refractivity contribution < 1.29 is 19.3 Å². The fourth-order valence-corrected chi connectivity index (χ4v) is 3.96. The molecule has 1 atom stereocenters. The standard InChI is InChI=1S/C18H22N2O3S/c1-10-8-15(21)11(2)14-6-7-18(5,23-17(10)14)16(22)9-20-13(4)24-12(3)19-20/h8H,6-7,9H2,1-5H3. The number of carbonyl (C=O) groups excluding carboxylic acids is 1. The fourth-order valence-electron chi connectivity index (χ4n) is 3.18. The van der Waals surface area contributed by atoms with Crippen molar-refractivity contribution in [3.05, 3.63) is 32.8 Å². The lowest BCUT2D eigenvalue weighted by atomic mass is 9.86. The third-order valence-electron chi connectivity index (χ3n) is 4.79. The number of fused-ring (bicyclic) bond motifs is 1. The van der Waals surface area contributed by atoms with Crippen LogP contribution >= 0.6 is 11.3 Å². The summed E-state index contributed by atoms with van der Waals surface area (Å²) < 4.78 is 7.88. The molecule has 1 aliphatic heterocycles. The lowest BCUT2D eigenvalue weighted by Gasteiger charge is -2.36. The van der Waals surface area contributed by atoms with Crippen LogP contribution in [0.2, 0.25) is 0 Å². The molecule has 0 radical (unpaired) electrons. The van der Waals surface area contributed by atoms with Crippen molar-refractivity contribution >= 4 is 17.1 Å². The highest BCUT2D eigenvalue weighted by Crippen LogP contribution is 2.40. The summed E-state index contributed by atoms with van der Waals surface area (Å²) in [5.41, 5.74) is 1.59. The molecule has 0 bridgehead atoms. The van der Waals surface area contributed by atoms with Crippen LogP contribution in [0.3, 0.4) is 0 Å². The first-order chi connectivity index (χ1) is 11.2. The molecule has 0 spiro atoms. The van der Waals surface area contributed by atoms with Gasteiger partial charge in [0, 0.05) is 12.0 Å². The second-order valence-electron chi connectivity index (χ2n) is 6.68. The highest BCUT2D eigenvalue weighted by Gasteiger charge is 2.42. The molecule has 24 heavy (non-hydrogen) atoms. The average Bonchev–Trinajstić information content (AvgIpc) is 2.82. The van der Waals surface area contributed by atoms with E-state index in [2.05, 4.69) is 5.10 Å². The molecule has 0 fully saturated rings. The molecule has 2 aromatic rings. The molecule has 5 nitrogen and oxygen atoms in total. The molecular formula is C18H22N2O3S. The third-order valence-corrected chi connectivity index (χ3v) is 5.67. The summed E-state index contributed by atoms with van der Waals surface area (Å²) in [6.07, 6.45) is 1.26. The first-order valence-corrected chi connectivity index (χ1v) is 8.89. The zero-order chi connectivity index (χ0) is 17.6. The summed E-state index contributed by atoms with van der Waals surface area (Å²) in [5.74, 6) is 0.745. The van der Waals surface area contributed by atoms with Gasteiger partial charge in [-0.2, -0.15) is 0 Å². The number of benzene rings is 1. The summed E-state index contributed by atoms with van der Waals surface area (Å²) >= 11 is 1.58. The molecule has 0 N–H and O–H groups in total. The van der Waals surface area contributed by atoms with Gasteiger partial charge in [0.05, 0.1) is 0 Å². The predicted molar refractivity (Wildman–Crippen MR) is 89.5 cm³/mol. The zero-order valence-corrected chi connectivity index (χ0v) is 15.5. The number of ketones is 1. The minimum atomic E-state index is -0.883. The van der Waals surface area contributed by atoms with Crippen molar-refractivity contribution in [2.75, 3.05) is 0 Å². The van der Waals surface area contributed by atoms with Gasteiger partial charge in [-0.05, 0) is 51.7 Å². The Hall–Kier alpha value is -1.95. The van der Waals surface area contributed by atoms with Crippen LogP contribution in [0.5, 0.6) is 11.5 Å². The van der Waals surface area contributed by atoms with Gasteiger partial charge in [-0.1, -0.05) is 27.6 Å². The van der Waals surface area contributed by atoms with Crippen LogP contribution in [0, 0.1) is 27.7 Å². The lowest BCUT2D eigenvalue weighted by Crippen LogP contribution is -2.53. The Bertz CT molecular complexity index is 828. The number of hydrogen-bond donors (Lipinski definition) is 0. The largest absolute Gasteiger partial charge is 0.872 e. The monoisotopic (exact) mass is 346 g/mol. The highest BCUT2D eigenvalue weighted by molar-refractivity contribution is 7.10. The van der Waals surface area contributed by atoms with Crippen LogP contribution in [0.15, 0.2) is 6.07 Å². The maximum absolute atomic E-state index is 12.9. The SMILES string of the molecule is Cc1n[n+](CC(=O)C2(C)CCc3c(C)c([O-])cc(C)c3O2)c(C)s1. The molecule has 0 amide bonds. The van der Waals surface area contributed by atoms with Crippen LogP contribution in [0.1, 0.15) is 40.1 Å². The maximum Gasteiger partial charge on any atom is 0.262 e. The second-order valence-corrected chi connectivity index (χ2v) is 8.06. The molecule has 0 saturated carbocycles. The smallest absolute Gasteiger partial charge is 0.262 e. The molecule has 6 heteroatoms. The summed E-state index contributed by atoms with van der Waals surface area (Å²) in [4.78, 5) is 12.9. The minimum Gasteiger partial charge on any atom is -0.872 e. The van der Waals surface area contributed by atoms with Crippen molar-refractivity contribution in [1.29, 1.82) is 0 Å². The molecule has 1 aliphatic rings. The summed E-state index contributed by atoms with van der Waals surface area (Å²) in [5, 5.41) is 18.3. The summed E-state index contributed by atoms with van der Waals surface area (Å²) in [6.45, 7) is 9.62. The van der Waals surface area contributed by atoms with Crippen LogP contribution in [0.4, 0.5) is 0 Å². The number of nitrogens with zero attached hydrogens (tertiary/aromatic N) is 2. The van der Waals surface area contributed by atoms with E-state index in [1.807, 2.05) is 34.6 Å². The molecule has 1 unspecified atom stereocenters. The van der Waals surface area contributed by atoms with E-state index < -0.39 is 5.60 Å². The average molecular weight is 346 g/mol. The van der Waals surface area contributed by atoms with Gasteiger partial charge in [-0.15, -0.1) is 5.75 Å². The van der Waals surface area contributed by atoms with Crippen LogP contribution in [-0.2, 0) is 17.8 Å². The van der Waals surface area contributed by atoms with Gasteiger partial charge in [0.25, 0.3) is 5.01 Å². The van der Waals surface area contributed by atoms with E-state index in [0.29, 0.717) is 18.6 Å². The Labute approximate surface area is 145 Å². The van der Waals surface area contributed by atoms with E-state index in [1.54, 1.807) is 22.1 Å². The van der Waals surface area contributed by atoms with Crippen LogP contribution in [-0.4, -0.2) is 16.5 Å². The number of carbonyl (C=O) groups is 1. The van der Waals surface area contributed by atoms with Crippen LogP contribution < -0.4 is 14.5 Å². The summed E-state index contributed by atoms with van der Waals surface area (Å²) in [6, 6.07) is 1.59. The highest BCUT2D eigenvalue weighted by atomic mass is 32.1. The number of Topliss-reactive ketones (excluding diaryl/α,β-unsaturated/α-hetero) is 1. The van der Waals surface area contributed by atoms with E-state index >= 15 is 0 Å². The molecule has 1 aromatic heterocycles. The molecule has 128 valence electrons. The molecule has 1 aromatic carbocycles. The normalized spacial score (nSPS) is 19.7. The maximum atomic E-state index is 12.9. The van der Waals surface area contributed by atoms with E-state index in [4.69, 9.17) is 4.74 Å². The Morgan fingerprint density at radius 1 is 1.42 bits per heavy atom. The van der Waals surface area contributed by atoms with Crippen molar-refractivity contribution in [1.82, 2.24) is 5.10 Å². The Morgan fingerprint density at radius 3 is 2.75 bits per heavy atom. The quantitative estimate of drug-likeness (QED) is 0.798. The molecule has 0 saturated heterocycles. The van der Waals surface area contributed by atoms with Crippen molar-refractivity contribution in [3.8, 4) is 11.5 Å². The summed E-state index contributed by atoms with van der Waals surface area (Å²) in [7, 11) is 0. The van der Waals surface area contributed by atoms with E-state index in [0.717, 1.165) is 26.7 Å².